The Balaban J connectivity index is 1.94. The molecule has 6 nitrogen and oxygen atoms in total. The zero-order chi connectivity index (χ0) is 17.3. The molecule has 0 aliphatic heterocycles. The van der Waals surface area contributed by atoms with Gasteiger partial charge in [-0.3, -0.25) is 4.79 Å². The van der Waals surface area contributed by atoms with Gasteiger partial charge < -0.3 is 10.5 Å². The maximum absolute atomic E-state index is 12.4. The van der Waals surface area contributed by atoms with Crippen LogP contribution in [-0.2, 0) is 0 Å². The van der Waals surface area contributed by atoms with Crippen molar-refractivity contribution in [1.29, 1.82) is 0 Å². The molecule has 0 bridgehead atoms. The molecule has 3 aromatic rings. The van der Waals surface area contributed by atoms with E-state index in [4.69, 9.17) is 0 Å². The van der Waals surface area contributed by atoms with Crippen LogP contribution in [0.3, 0.4) is 0 Å². The van der Waals surface area contributed by atoms with Gasteiger partial charge in [0.05, 0.1) is 16.9 Å². The van der Waals surface area contributed by atoms with E-state index in [0.717, 1.165) is 22.5 Å². The molecule has 1 N–H and O–H groups in total. The van der Waals surface area contributed by atoms with Gasteiger partial charge in [-0.1, -0.05) is 6.07 Å². The molecule has 0 aliphatic rings. The van der Waals surface area contributed by atoms with Gasteiger partial charge >= 0.3 is 0 Å². The summed E-state index contributed by atoms with van der Waals surface area (Å²) in [5.41, 5.74) is 4.35. The van der Waals surface area contributed by atoms with Crippen molar-refractivity contribution >= 4 is 11.7 Å². The van der Waals surface area contributed by atoms with E-state index in [9.17, 15) is 10.0 Å². The minimum atomic E-state index is -0.291. The fraction of sp³-hybridized carbons (Fsp3) is 0.167. The van der Waals surface area contributed by atoms with Gasteiger partial charge in [0, 0.05) is 18.2 Å². The molecule has 0 saturated carbocycles. The standard InChI is InChI=1S/C18H18N4O2/c1-12-8-13(2)10-16(9-12)22-17(11-14(3)20-22)19-18(23)15-4-6-21(24)7-5-15/h4-11H,1-3H3,(H,19,23). The summed E-state index contributed by atoms with van der Waals surface area (Å²) in [6.45, 7) is 5.91. The number of carbonyl (C=O) groups excluding carboxylic acids is 1. The summed E-state index contributed by atoms with van der Waals surface area (Å²) >= 11 is 0. The van der Waals surface area contributed by atoms with E-state index in [1.807, 2.05) is 39.0 Å². The average molecular weight is 322 g/mol. The zero-order valence-corrected chi connectivity index (χ0v) is 13.8. The predicted molar refractivity (Wildman–Crippen MR) is 91.1 cm³/mol. The quantitative estimate of drug-likeness (QED) is 0.595. The number of hydrogen-bond acceptors (Lipinski definition) is 3. The van der Waals surface area contributed by atoms with Crippen molar-refractivity contribution in [3.63, 3.8) is 0 Å². The third kappa shape index (κ3) is 3.27. The summed E-state index contributed by atoms with van der Waals surface area (Å²) in [5, 5.41) is 18.4. The number of hydrogen-bond donors (Lipinski definition) is 1. The molecule has 2 aromatic heterocycles. The Morgan fingerprint density at radius 2 is 1.71 bits per heavy atom. The topological polar surface area (TPSA) is 73.9 Å². The smallest absolute Gasteiger partial charge is 0.257 e. The first kappa shape index (κ1) is 15.7. The second kappa shape index (κ2) is 6.16. The molecule has 2 heterocycles. The number of rotatable bonds is 3. The van der Waals surface area contributed by atoms with Crippen molar-refractivity contribution in [2.75, 3.05) is 5.32 Å². The van der Waals surface area contributed by atoms with Gasteiger partial charge in [-0.05, 0) is 44.0 Å². The number of nitrogens with one attached hydrogen (secondary N) is 1. The van der Waals surface area contributed by atoms with Crippen molar-refractivity contribution in [2.45, 2.75) is 20.8 Å². The van der Waals surface area contributed by atoms with Gasteiger partial charge in [-0.15, -0.1) is 0 Å². The molecular weight excluding hydrogens is 304 g/mol. The van der Waals surface area contributed by atoms with Gasteiger partial charge in [0.2, 0.25) is 0 Å². The SMILES string of the molecule is Cc1cc(C)cc(-n2nc(C)cc2NC(=O)c2cc[n+]([O-])cc2)c1. The number of benzene rings is 1. The lowest BCUT2D eigenvalue weighted by molar-refractivity contribution is -0.605. The summed E-state index contributed by atoms with van der Waals surface area (Å²) in [7, 11) is 0. The highest BCUT2D eigenvalue weighted by Crippen LogP contribution is 2.20. The van der Waals surface area contributed by atoms with Crippen molar-refractivity contribution in [3.05, 3.63) is 76.4 Å². The largest absolute Gasteiger partial charge is 0.619 e. The second-order valence-corrected chi connectivity index (χ2v) is 5.83. The molecule has 0 radical (unpaired) electrons. The molecular formula is C18H18N4O2. The summed E-state index contributed by atoms with van der Waals surface area (Å²) in [5.74, 6) is 0.294. The van der Waals surface area contributed by atoms with E-state index in [0.29, 0.717) is 16.1 Å². The van der Waals surface area contributed by atoms with Crippen molar-refractivity contribution in [3.8, 4) is 5.69 Å². The second-order valence-electron chi connectivity index (χ2n) is 5.83. The predicted octanol–water partition coefficient (Wildman–Crippen LogP) is 2.68. The normalized spacial score (nSPS) is 10.6. The lowest BCUT2D eigenvalue weighted by Gasteiger charge is -2.10. The molecule has 6 heteroatoms. The summed E-state index contributed by atoms with van der Waals surface area (Å²) < 4.78 is 2.35. The van der Waals surface area contributed by atoms with Crippen LogP contribution in [0.1, 0.15) is 27.2 Å². The Hall–Kier alpha value is -3.15. The molecule has 0 unspecified atom stereocenters. The molecule has 1 aromatic carbocycles. The Morgan fingerprint density at radius 3 is 2.33 bits per heavy atom. The van der Waals surface area contributed by atoms with Gasteiger partial charge in [-0.2, -0.15) is 9.83 Å². The fourth-order valence-electron chi connectivity index (χ4n) is 2.61. The van der Waals surface area contributed by atoms with Crippen molar-refractivity contribution in [1.82, 2.24) is 9.78 Å². The zero-order valence-electron chi connectivity index (χ0n) is 13.8. The van der Waals surface area contributed by atoms with Crippen LogP contribution < -0.4 is 10.0 Å². The van der Waals surface area contributed by atoms with Crippen LogP contribution in [-0.4, -0.2) is 15.7 Å². The number of pyridine rings is 1. The molecule has 122 valence electrons. The highest BCUT2D eigenvalue weighted by Gasteiger charge is 2.13. The number of carbonyl (C=O) groups is 1. The average Bonchev–Trinajstić information content (AvgIpc) is 2.87. The Morgan fingerprint density at radius 1 is 1.08 bits per heavy atom. The van der Waals surface area contributed by atoms with Crippen LogP contribution in [0.25, 0.3) is 5.69 Å². The molecule has 0 saturated heterocycles. The van der Waals surface area contributed by atoms with E-state index in [-0.39, 0.29) is 5.91 Å². The third-order valence-corrected chi connectivity index (χ3v) is 3.59. The van der Waals surface area contributed by atoms with Crippen LogP contribution in [0.15, 0.2) is 48.8 Å². The maximum Gasteiger partial charge on any atom is 0.257 e. The first-order valence-electron chi connectivity index (χ1n) is 7.58. The Kier molecular flexibility index (Phi) is 4.04. The van der Waals surface area contributed by atoms with Crippen LogP contribution >= 0.6 is 0 Å². The molecule has 1 amide bonds. The van der Waals surface area contributed by atoms with Crippen molar-refractivity contribution in [2.24, 2.45) is 0 Å². The van der Waals surface area contributed by atoms with E-state index in [2.05, 4.69) is 16.5 Å². The summed E-state index contributed by atoms with van der Waals surface area (Å²) in [6.07, 6.45) is 2.59. The lowest BCUT2D eigenvalue weighted by Crippen LogP contribution is -2.25. The maximum atomic E-state index is 12.4. The number of amides is 1. The minimum Gasteiger partial charge on any atom is -0.619 e. The monoisotopic (exact) mass is 322 g/mol. The first-order chi connectivity index (χ1) is 11.4. The summed E-state index contributed by atoms with van der Waals surface area (Å²) in [6, 6.07) is 10.9. The van der Waals surface area contributed by atoms with E-state index in [1.165, 1.54) is 24.5 Å². The Labute approximate surface area is 140 Å². The first-order valence-corrected chi connectivity index (χ1v) is 7.58. The van der Waals surface area contributed by atoms with Crippen molar-refractivity contribution < 1.29 is 9.52 Å². The van der Waals surface area contributed by atoms with Crippen LogP contribution in [0.4, 0.5) is 5.82 Å². The molecule has 0 atom stereocenters. The van der Waals surface area contributed by atoms with Crippen LogP contribution in [0.2, 0.25) is 0 Å². The number of aromatic nitrogens is 3. The molecule has 24 heavy (non-hydrogen) atoms. The van der Waals surface area contributed by atoms with E-state index in [1.54, 1.807) is 4.68 Å². The van der Waals surface area contributed by atoms with Gasteiger partial charge in [0.1, 0.15) is 5.82 Å². The molecule has 3 rings (SSSR count). The Bertz CT molecular complexity index is 878. The number of anilines is 1. The number of aryl methyl sites for hydroxylation is 3. The molecule has 0 fully saturated rings. The van der Waals surface area contributed by atoms with Crippen LogP contribution in [0.5, 0.6) is 0 Å². The summed E-state index contributed by atoms with van der Waals surface area (Å²) in [4.78, 5) is 12.4. The van der Waals surface area contributed by atoms with Gasteiger partial charge in [0.15, 0.2) is 12.4 Å². The highest BCUT2D eigenvalue weighted by atomic mass is 16.5. The fourth-order valence-corrected chi connectivity index (χ4v) is 2.61. The lowest BCUT2D eigenvalue weighted by atomic mass is 10.1. The van der Waals surface area contributed by atoms with Gasteiger partial charge in [-0.25, -0.2) is 4.68 Å². The third-order valence-electron chi connectivity index (χ3n) is 3.59. The van der Waals surface area contributed by atoms with Crippen LogP contribution in [0, 0.1) is 26.0 Å². The number of nitrogens with zero attached hydrogens (tertiary/aromatic N) is 3. The van der Waals surface area contributed by atoms with E-state index >= 15 is 0 Å². The molecule has 0 aliphatic carbocycles. The van der Waals surface area contributed by atoms with Gasteiger partial charge in [0.25, 0.3) is 5.91 Å². The van der Waals surface area contributed by atoms with E-state index < -0.39 is 0 Å². The molecule has 0 spiro atoms. The minimum absolute atomic E-state index is 0.291. The highest BCUT2D eigenvalue weighted by molar-refractivity contribution is 6.03.